The third-order valence-corrected chi connectivity index (χ3v) is 3.91. The van der Waals surface area contributed by atoms with Crippen LogP contribution in [0.1, 0.15) is 38.3 Å². The molecule has 0 aromatic heterocycles. The van der Waals surface area contributed by atoms with Gasteiger partial charge >= 0.3 is 6.18 Å². The van der Waals surface area contributed by atoms with Gasteiger partial charge in [0.2, 0.25) is 5.91 Å². The van der Waals surface area contributed by atoms with Gasteiger partial charge in [0, 0.05) is 18.7 Å². The Morgan fingerprint density at radius 1 is 0.885 bits per heavy atom. The molecule has 0 fully saturated rings. The van der Waals surface area contributed by atoms with E-state index in [2.05, 4.69) is 31.4 Å². The fraction of sp³-hybridized carbons (Fsp3) is 0.350. The van der Waals surface area contributed by atoms with Gasteiger partial charge in [-0.2, -0.15) is 13.2 Å². The van der Waals surface area contributed by atoms with Crippen molar-refractivity contribution >= 4 is 17.3 Å². The second-order valence-electron chi connectivity index (χ2n) is 7.06. The number of para-hydroxylation sites is 2. The average Bonchev–Trinajstić information content (AvgIpc) is 2.54. The number of carbonyl (C=O) groups excluding carboxylic acids is 1. The third kappa shape index (κ3) is 5.25. The van der Waals surface area contributed by atoms with Crippen LogP contribution in [0.15, 0.2) is 48.5 Å². The Morgan fingerprint density at radius 3 is 2.00 bits per heavy atom. The first kappa shape index (κ1) is 19.8. The molecule has 0 atom stereocenters. The second kappa shape index (κ2) is 7.81. The number of anilines is 2. The van der Waals surface area contributed by atoms with Crippen LogP contribution in [0.25, 0.3) is 0 Å². The van der Waals surface area contributed by atoms with E-state index in [0.29, 0.717) is 6.54 Å². The summed E-state index contributed by atoms with van der Waals surface area (Å²) in [6.45, 7) is 6.60. The zero-order valence-electron chi connectivity index (χ0n) is 15.1. The molecule has 0 bridgehead atoms. The van der Waals surface area contributed by atoms with Gasteiger partial charge in [-0.15, -0.1) is 0 Å². The third-order valence-electron chi connectivity index (χ3n) is 3.91. The van der Waals surface area contributed by atoms with Gasteiger partial charge in [0.25, 0.3) is 0 Å². The Hall–Kier alpha value is -2.50. The van der Waals surface area contributed by atoms with Crippen molar-refractivity contribution in [2.24, 2.45) is 0 Å². The number of halogens is 3. The van der Waals surface area contributed by atoms with Crippen LogP contribution < -0.4 is 10.6 Å². The van der Waals surface area contributed by atoms with Crippen molar-refractivity contribution in [2.75, 3.05) is 17.2 Å². The van der Waals surface area contributed by atoms with Crippen molar-refractivity contribution in [3.8, 4) is 0 Å². The van der Waals surface area contributed by atoms with E-state index in [0.717, 1.165) is 17.3 Å². The predicted molar refractivity (Wildman–Crippen MR) is 98.3 cm³/mol. The Labute approximate surface area is 151 Å². The number of hydrogen-bond acceptors (Lipinski definition) is 2. The molecule has 2 rings (SSSR count). The molecule has 0 radical (unpaired) electrons. The molecule has 3 nitrogen and oxygen atoms in total. The number of benzene rings is 2. The predicted octanol–water partition coefficient (Wildman–Crippen LogP) is 5.44. The molecule has 0 aliphatic heterocycles. The van der Waals surface area contributed by atoms with E-state index in [-0.39, 0.29) is 17.5 Å². The Balaban J connectivity index is 1.98. The van der Waals surface area contributed by atoms with Crippen molar-refractivity contribution in [1.82, 2.24) is 0 Å². The molecule has 0 aliphatic carbocycles. The zero-order chi connectivity index (χ0) is 19.4. The number of amides is 1. The van der Waals surface area contributed by atoms with E-state index < -0.39 is 17.6 Å². The molecular formula is C20H23F3N2O. The molecule has 0 saturated carbocycles. The molecule has 1 amide bonds. The largest absolute Gasteiger partial charge is 0.418 e. The summed E-state index contributed by atoms with van der Waals surface area (Å²) >= 11 is 0. The van der Waals surface area contributed by atoms with Crippen molar-refractivity contribution in [2.45, 2.75) is 38.8 Å². The van der Waals surface area contributed by atoms with E-state index >= 15 is 0 Å². The maximum Gasteiger partial charge on any atom is 0.418 e. The number of rotatable bonds is 5. The highest BCUT2D eigenvalue weighted by molar-refractivity contribution is 5.91. The van der Waals surface area contributed by atoms with E-state index in [1.165, 1.54) is 18.2 Å². The minimum absolute atomic E-state index is 0.0580. The summed E-state index contributed by atoms with van der Waals surface area (Å²) in [5.41, 5.74) is 0.906. The number of nitrogens with one attached hydrogen (secondary N) is 2. The van der Waals surface area contributed by atoms with E-state index in [1.807, 2.05) is 24.3 Å². The summed E-state index contributed by atoms with van der Waals surface area (Å²) in [5, 5.41) is 5.55. The molecule has 0 unspecified atom stereocenters. The van der Waals surface area contributed by atoms with E-state index in [4.69, 9.17) is 0 Å². The van der Waals surface area contributed by atoms with Crippen LogP contribution in [0, 0.1) is 0 Å². The highest BCUT2D eigenvalue weighted by Crippen LogP contribution is 2.34. The molecule has 2 aromatic carbocycles. The van der Waals surface area contributed by atoms with Gasteiger partial charge in [-0.05, 0) is 29.2 Å². The highest BCUT2D eigenvalue weighted by atomic mass is 19.4. The Bertz CT molecular complexity index is 764. The maximum absolute atomic E-state index is 13.0. The Kier molecular flexibility index (Phi) is 5.95. The van der Waals surface area contributed by atoms with Gasteiger partial charge < -0.3 is 10.6 Å². The zero-order valence-corrected chi connectivity index (χ0v) is 15.1. The van der Waals surface area contributed by atoms with Crippen LogP contribution in [0.4, 0.5) is 24.5 Å². The quantitative estimate of drug-likeness (QED) is 0.741. The summed E-state index contributed by atoms with van der Waals surface area (Å²) in [5.74, 6) is -0.470. The minimum atomic E-state index is -4.51. The lowest BCUT2D eigenvalue weighted by atomic mass is 9.86. The number of hydrogen-bond donors (Lipinski definition) is 2. The smallest absolute Gasteiger partial charge is 0.384 e. The molecule has 0 heterocycles. The summed E-state index contributed by atoms with van der Waals surface area (Å²) in [7, 11) is 0. The number of alkyl halides is 3. The minimum Gasteiger partial charge on any atom is -0.384 e. The van der Waals surface area contributed by atoms with Gasteiger partial charge in [0.05, 0.1) is 11.3 Å². The fourth-order valence-electron chi connectivity index (χ4n) is 2.65. The normalized spacial score (nSPS) is 11.9. The van der Waals surface area contributed by atoms with E-state index in [9.17, 15) is 18.0 Å². The van der Waals surface area contributed by atoms with Gasteiger partial charge in [-0.3, -0.25) is 4.79 Å². The standard InChI is InChI=1S/C20H23F3N2O/c1-19(2,3)14-8-4-6-10-16(14)24-13-12-18(26)25-17-11-7-5-9-15(17)20(21,22)23/h4-11,24H,12-13H2,1-3H3,(H,25,26). The summed E-state index contributed by atoms with van der Waals surface area (Å²) in [6.07, 6.45) is -4.45. The molecule has 6 heteroatoms. The second-order valence-corrected chi connectivity index (χ2v) is 7.06. The first-order valence-corrected chi connectivity index (χ1v) is 8.38. The lowest BCUT2D eigenvalue weighted by Gasteiger charge is -2.23. The summed E-state index contributed by atoms with van der Waals surface area (Å²) in [4.78, 5) is 12.0. The average molecular weight is 364 g/mol. The first-order chi connectivity index (χ1) is 12.1. The van der Waals surface area contributed by atoms with Crippen LogP contribution in [-0.4, -0.2) is 12.5 Å². The van der Waals surface area contributed by atoms with E-state index in [1.54, 1.807) is 0 Å². The van der Waals surface area contributed by atoms with Crippen LogP contribution in [0.3, 0.4) is 0 Å². The van der Waals surface area contributed by atoms with Crippen LogP contribution in [-0.2, 0) is 16.4 Å². The fourth-order valence-corrected chi connectivity index (χ4v) is 2.65. The molecule has 0 spiro atoms. The van der Waals surface area contributed by atoms with Crippen molar-refractivity contribution in [3.63, 3.8) is 0 Å². The summed E-state index contributed by atoms with van der Waals surface area (Å²) < 4.78 is 38.9. The highest BCUT2D eigenvalue weighted by Gasteiger charge is 2.33. The molecule has 2 aromatic rings. The topological polar surface area (TPSA) is 41.1 Å². The molecule has 140 valence electrons. The Morgan fingerprint density at radius 2 is 1.42 bits per heavy atom. The van der Waals surface area contributed by atoms with Gasteiger partial charge in [0.1, 0.15) is 0 Å². The summed E-state index contributed by atoms with van der Waals surface area (Å²) in [6, 6.07) is 12.8. The van der Waals surface area contributed by atoms with Crippen LogP contribution in [0.5, 0.6) is 0 Å². The van der Waals surface area contributed by atoms with Crippen molar-refractivity contribution in [3.05, 3.63) is 59.7 Å². The van der Waals surface area contributed by atoms with Crippen LogP contribution >= 0.6 is 0 Å². The molecular weight excluding hydrogens is 341 g/mol. The first-order valence-electron chi connectivity index (χ1n) is 8.38. The van der Waals surface area contributed by atoms with Crippen molar-refractivity contribution < 1.29 is 18.0 Å². The lowest BCUT2D eigenvalue weighted by Crippen LogP contribution is -2.20. The molecule has 26 heavy (non-hydrogen) atoms. The maximum atomic E-state index is 13.0. The molecule has 2 N–H and O–H groups in total. The van der Waals surface area contributed by atoms with Crippen LogP contribution in [0.2, 0.25) is 0 Å². The van der Waals surface area contributed by atoms with Gasteiger partial charge in [-0.25, -0.2) is 0 Å². The van der Waals surface area contributed by atoms with Gasteiger partial charge in [0.15, 0.2) is 0 Å². The monoisotopic (exact) mass is 364 g/mol. The lowest BCUT2D eigenvalue weighted by molar-refractivity contribution is -0.137. The SMILES string of the molecule is CC(C)(C)c1ccccc1NCCC(=O)Nc1ccccc1C(F)(F)F. The molecule has 0 saturated heterocycles. The van der Waals surface area contributed by atoms with Crippen molar-refractivity contribution in [1.29, 1.82) is 0 Å². The van der Waals surface area contributed by atoms with Gasteiger partial charge in [-0.1, -0.05) is 51.1 Å². The number of carbonyl (C=O) groups is 1. The molecule has 0 aliphatic rings.